The van der Waals surface area contributed by atoms with Gasteiger partial charge in [-0.1, -0.05) is 42.5 Å². The molecule has 0 saturated heterocycles. The number of ether oxygens (including phenoxy) is 1. The molecule has 6 heteroatoms. The highest BCUT2D eigenvalue weighted by Gasteiger charge is 2.22. The lowest BCUT2D eigenvalue weighted by Crippen LogP contribution is -2.43. The second-order valence-electron chi connectivity index (χ2n) is 7.34. The summed E-state index contributed by atoms with van der Waals surface area (Å²) in [4.78, 5) is 29.6. The summed E-state index contributed by atoms with van der Waals surface area (Å²) in [5.41, 5.74) is 1.60. The zero-order valence-corrected chi connectivity index (χ0v) is 18.3. The Labute approximate surface area is 188 Å². The molecule has 0 bridgehead atoms. The third-order valence-electron chi connectivity index (χ3n) is 5.07. The van der Waals surface area contributed by atoms with Crippen LogP contribution in [0.1, 0.15) is 21.7 Å². The monoisotopic (exact) mass is 432 g/mol. The highest BCUT2D eigenvalue weighted by molar-refractivity contribution is 5.97. The van der Waals surface area contributed by atoms with Gasteiger partial charge in [-0.2, -0.15) is 0 Å². The smallest absolute Gasteiger partial charge is 0.254 e. The van der Waals surface area contributed by atoms with Crippen LogP contribution in [0, 0.1) is 0 Å². The molecular formula is C26H28N2O4. The molecule has 2 aromatic carbocycles. The predicted octanol–water partition coefficient (Wildman–Crippen LogP) is 4.19. The Hall–Kier alpha value is -3.80. The first-order chi connectivity index (χ1) is 15.6. The zero-order valence-electron chi connectivity index (χ0n) is 18.3. The van der Waals surface area contributed by atoms with E-state index >= 15 is 0 Å². The van der Waals surface area contributed by atoms with Crippen molar-refractivity contribution < 1.29 is 18.7 Å². The van der Waals surface area contributed by atoms with Crippen molar-refractivity contribution in [3.63, 3.8) is 0 Å². The molecule has 0 radical (unpaired) electrons. The number of carbonyl (C=O) groups excluding carboxylic acids is 2. The highest BCUT2D eigenvalue weighted by atomic mass is 16.5. The summed E-state index contributed by atoms with van der Waals surface area (Å²) in [5.74, 6) is 0.873. The molecule has 0 spiro atoms. The lowest BCUT2D eigenvalue weighted by molar-refractivity contribution is -0.132. The van der Waals surface area contributed by atoms with Crippen LogP contribution in [0.2, 0.25) is 0 Å². The number of hydrogen-bond donors (Lipinski definition) is 0. The van der Waals surface area contributed by atoms with Gasteiger partial charge in [0.05, 0.1) is 19.9 Å². The van der Waals surface area contributed by atoms with Crippen LogP contribution >= 0.6 is 0 Å². The van der Waals surface area contributed by atoms with Crippen LogP contribution in [-0.2, 0) is 17.8 Å². The second-order valence-corrected chi connectivity index (χ2v) is 7.34. The molecule has 32 heavy (non-hydrogen) atoms. The van der Waals surface area contributed by atoms with Gasteiger partial charge in [0.15, 0.2) is 0 Å². The Kier molecular flexibility index (Phi) is 8.26. The van der Waals surface area contributed by atoms with Crippen LogP contribution in [0.5, 0.6) is 5.75 Å². The van der Waals surface area contributed by atoms with Gasteiger partial charge in [0.1, 0.15) is 18.1 Å². The molecule has 1 aromatic heterocycles. The van der Waals surface area contributed by atoms with Gasteiger partial charge in [0.2, 0.25) is 5.91 Å². The van der Waals surface area contributed by atoms with Gasteiger partial charge in [-0.05, 0) is 42.3 Å². The molecule has 3 rings (SSSR count). The van der Waals surface area contributed by atoms with Gasteiger partial charge >= 0.3 is 0 Å². The van der Waals surface area contributed by atoms with Crippen molar-refractivity contribution in [2.45, 2.75) is 13.0 Å². The standard InChI is InChI=1S/C26H28N2O4/c1-3-15-28(26(30)22-11-7-12-23(18-22)31-2)20-25(29)27(19-24-13-8-17-32-24)16-14-21-9-5-4-6-10-21/h3-13,17-18H,1,14-16,19-20H2,2H3. The first-order valence-electron chi connectivity index (χ1n) is 10.5. The van der Waals surface area contributed by atoms with Crippen LogP contribution in [0.25, 0.3) is 0 Å². The average molecular weight is 433 g/mol. The van der Waals surface area contributed by atoms with Crippen molar-refractivity contribution in [3.8, 4) is 5.75 Å². The summed E-state index contributed by atoms with van der Waals surface area (Å²) in [6, 6.07) is 20.5. The Morgan fingerprint density at radius 2 is 1.84 bits per heavy atom. The van der Waals surface area contributed by atoms with E-state index in [9.17, 15) is 9.59 Å². The number of nitrogens with zero attached hydrogens (tertiary/aromatic N) is 2. The minimum absolute atomic E-state index is 0.0580. The molecule has 0 aliphatic heterocycles. The maximum absolute atomic E-state index is 13.3. The molecule has 6 nitrogen and oxygen atoms in total. The first kappa shape index (κ1) is 22.9. The zero-order chi connectivity index (χ0) is 22.8. The van der Waals surface area contributed by atoms with Crippen molar-refractivity contribution in [1.82, 2.24) is 9.80 Å². The summed E-state index contributed by atoms with van der Waals surface area (Å²) in [6.07, 6.45) is 3.91. The number of rotatable bonds is 11. The lowest BCUT2D eigenvalue weighted by Gasteiger charge is -2.27. The van der Waals surface area contributed by atoms with Crippen molar-refractivity contribution >= 4 is 11.8 Å². The van der Waals surface area contributed by atoms with E-state index in [1.165, 1.54) is 4.90 Å². The summed E-state index contributed by atoms with van der Waals surface area (Å²) in [7, 11) is 1.55. The third-order valence-corrected chi connectivity index (χ3v) is 5.07. The minimum atomic E-state index is -0.252. The number of hydrogen-bond acceptors (Lipinski definition) is 4. The summed E-state index contributed by atoms with van der Waals surface area (Å²) in [5, 5.41) is 0. The van der Waals surface area contributed by atoms with Crippen molar-refractivity contribution in [2.75, 3.05) is 26.7 Å². The molecule has 1 heterocycles. The first-order valence-corrected chi connectivity index (χ1v) is 10.5. The van der Waals surface area contributed by atoms with Gasteiger partial charge in [-0.25, -0.2) is 0 Å². The summed E-state index contributed by atoms with van der Waals surface area (Å²) >= 11 is 0. The van der Waals surface area contributed by atoms with E-state index in [2.05, 4.69) is 6.58 Å². The SMILES string of the molecule is C=CCN(CC(=O)N(CCc1ccccc1)Cc1ccco1)C(=O)c1cccc(OC)c1. The third kappa shape index (κ3) is 6.35. The Balaban J connectivity index is 1.74. The van der Waals surface area contributed by atoms with Crippen LogP contribution in [0.3, 0.4) is 0 Å². The van der Waals surface area contributed by atoms with Crippen LogP contribution < -0.4 is 4.74 Å². The number of furan rings is 1. The van der Waals surface area contributed by atoms with Crippen molar-refractivity contribution in [2.24, 2.45) is 0 Å². The fourth-order valence-electron chi connectivity index (χ4n) is 3.37. The normalized spacial score (nSPS) is 10.4. The molecule has 166 valence electrons. The Bertz CT molecular complexity index is 1020. The number of methoxy groups -OCH3 is 1. The van der Waals surface area contributed by atoms with Gasteiger partial charge < -0.3 is 19.0 Å². The molecule has 3 aromatic rings. The van der Waals surface area contributed by atoms with Crippen LogP contribution in [0.4, 0.5) is 0 Å². The molecule has 0 N–H and O–H groups in total. The number of amides is 2. The molecule has 0 aliphatic rings. The van der Waals surface area contributed by atoms with E-state index in [1.807, 2.05) is 36.4 Å². The van der Waals surface area contributed by atoms with Gasteiger partial charge in [0.25, 0.3) is 5.91 Å². The number of carbonyl (C=O) groups is 2. The van der Waals surface area contributed by atoms with Crippen molar-refractivity contribution in [3.05, 3.63) is 103 Å². The molecule has 2 amide bonds. The predicted molar refractivity (Wildman–Crippen MR) is 123 cm³/mol. The lowest BCUT2D eigenvalue weighted by atomic mass is 10.1. The fourth-order valence-corrected chi connectivity index (χ4v) is 3.37. The fraction of sp³-hybridized carbons (Fsp3) is 0.231. The van der Waals surface area contributed by atoms with Gasteiger partial charge in [0, 0.05) is 18.7 Å². The molecule has 0 saturated carbocycles. The maximum atomic E-state index is 13.3. The Morgan fingerprint density at radius 1 is 1.03 bits per heavy atom. The maximum Gasteiger partial charge on any atom is 0.254 e. The summed E-state index contributed by atoms with van der Waals surface area (Å²) in [6.45, 7) is 4.80. The van der Waals surface area contributed by atoms with E-state index in [4.69, 9.17) is 9.15 Å². The van der Waals surface area contributed by atoms with Gasteiger partial charge in [-0.15, -0.1) is 6.58 Å². The molecule has 0 aliphatic carbocycles. The van der Waals surface area contributed by atoms with E-state index in [0.29, 0.717) is 36.6 Å². The van der Waals surface area contributed by atoms with E-state index in [1.54, 1.807) is 54.7 Å². The van der Waals surface area contributed by atoms with E-state index < -0.39 is 0 Å². The van der Waals surface area contributed by atoms with E-state index in [-0.39, 0.29) is 24.9 Å². The topological polar surface area (TPSA) is 63.0 Å². The largest absolute Gasteiger partial charge is 0.497 e. The highest BCUT2D eigenvalue weighted by Crippen LogP contribution is 2.15. The minimum Gasteiger partial charge on any atom is -0.497 e. The van der Waals surface area contributed by atoms with Crippen LogP contribution in [0.15, 0.2) is 90.1 Å². The van der Waals surface area contributed by atoms with Crippen LogP contribution in [-0.4, -0.2) is 48.4 Å². The van der Waals surface area contributed by atoms with Crippen molar-refractivity contribution in [1.29, 1.82) is 0 Å². The van der Waals surface area contributed by atoms with E-state index in [0.717, 1.165) is 5.56 Å². The number of benzene rings is 2. The quantitative estimate of drug-likeness (QED) is 0.426. The Morgan fingerprint density at radius 3 is 2.53 bits per heavy atom. The molecular weight excluding hydrogens is 404 g/mol. The average Bonchev–Trinajstić information content (AvgIpc) is 3.35. The molecule has 0 atom stereocenters. The molecule has 0 unspecified atom stereocenters. The molecule has 0 fully saturated rings. The summed E-state index contributed by atoms with van der Waals surface area (Å²) < 4.78 is 10.7. The second kappa shape index (κ2) is 11.6. The van der Waals surface area contributed by atoms with Gasteiger partial charge in [-0.3, -0.25) is 9.59 Å².